The molecular weight excluding hydrogens is 314 g/mol. The normalized spacial score (nSPS) is 11.7. The summed E-state index contributed by atoms with van der Waals surface area (Å²) in [5, 5.41) is 0. The van der Waals surface area contributed by atoms with Crippen LogP contribution in [0.1, 0.15) is 28.3 Å². The van der Waals surface area contributed by atoms with Gasteiger partial charge in [0.05, 0.1) is 19.8 Å². The van der Waals surface area contributed by atoms with Crippen LogP contribution >= 0.6 is 0 Å². The quantitative estimate of drug-likeness (QED) is 0.552. The Morgan fingerprint density at radius 1 is 1.17 bits per heavy atom. The molecule has 2 aromatic carbocycles. The Hall–Kier alpha value is -2.69. The van der Waals surface area contributed by atoms with Gasteiger partial charge in [-0.05, 0) is 18.2 Å². The maximum Gasteiger partial charge on any atom is 0.166 e. The highest BCUT2D eigenvalue weighted by atomic mass is 19.1. The number of methoxy groups -OCH3 is 2. The van der Waals surface area contributed by atoms with E-state index in [0.717, 1.165) is 17.7 Å². The van der Waals surface area contributed by atoms with Crippen molar-refractivity contribution in [2.24, 2.45) is 0 Å². The molecule has 0 aliphatic rings. The molecule has 5 heteroatoms. The largest absolute Gasteiger partial charge is 0.497 e. The Morgan fingerprint density at radius 3 is 2.50 bits per heavy atom. The monoisotopic (exact) mass is 332 g/mol. The summed E-state index contributed by atoms with van der Waals surface area (Å²) in [6, 6.07) is 8.14. The lowest BCUT2D eigenvalue weighted by Crippen LogP contribution is -2.09. The maximum absolute atomic E-state index is 13.8. The van der Waals surface area contributed by atoms with Gasteiger partial charge in [0.1, 0.15) is 23.1 Å². The number of ketones is 1. The molecule has 0 bridgehead atoms. The molecule has 0 spiro atoms. The first kappa shape index (κ1) is 17.7. The first-order valence-corrected chi connectivity index (χ1v) is 7.32. The zero-order chi connectivity index (χ0) is 17.7. The molecule has 0 saturated carbocycles. The van der Waals surface area contributed by atoms with Crippen LogP contribution in [-0.2, 0) is 0 Å². The minimum Gasteiger partial charge on any atom is -0.497 e. The van der Waals surface area contributed by atoms with Gasteiger partial charge in [0, 0.05) is 30.0 Å². The van der Waals surface area contributed by atoms with Crippen LogP contribution in [0.5, 0.6) is 11.5 Å². The number of Topliss-reactive ketones (excluding diaryl/α,β-unsaturated/α-hetero) is 1. The lowest BCUT2D eigenvalue weighted by atomic mass is 9.90. The number of benzene rings is 2. The third-order valence-corrected chi connectivity index (χ3v) is 3.76. The van der Waals surface area contributed by atoms with Gasteiger partial charge in [-0.3, -0.25) is 4.79 Å². The van der Waals surface area contributed by atoms with Crippen LogP contribution in [0.3, 0.4) is 0 Å². The van der Waals surface area contributed by atoms with Crippen molar-refractivity contribution in [2.75, 3.05) is 14.2 Å². The van der Waals surface area contributed by atoms with Gasteiger partial charge in [0.15, 0.2) is 5.78 Å². The number of halogens is 2. The summed E-state index contributed by atoms with van der Waals surface area (Å²) in [6.07, 6.45) is 1.60. The standard InChI is InChI=1S/C19H18F2O3/c1-4-12(15-8-6-14(23-2)11-19(15)24-3)9-18(22)16-7-5-13(20)10-17(16)21/h4-8,10-12H,1,9H2,2-3H3. The number of allylic oxidation sites excluding steroid dienone is 1. The van der Waals surface area contributed by atoms with Gasteiger partial charge in [0.2, 0.25) is 0 Å². The lowest BCUT2D eigenvalue weighted by molar-refractivity contribution is 0.0974. The predicted molar refractivity (Wildman–Crippen MR) is 87.8 cm³/mol. The van der Waals surface area contributed by atoms with E-state index in [-0.39, 0.29) is 17.9 Å². The van der Waals surface area contributed by atoms with E-state index in [1.165, 1.54) is 7.11 Å². The Labute approximate surface area is 139 Å². The fraction of sp³-hybridized carbons (Fsp3) is 0.211. The Morgan fingerprint density at radius 2 is 1.92 bits per heavy atom. The molecule has 0 aliphatic heterocycles. The Balaban J connectivity index is 2.29. The van der Waals surface area contributed by atoms with E-state index in [0.29, 0.717) is 17.6 Å². The van der Waals surface area contributed by atoms with E-state index < -0.39 is 17.4 Å². The SMILES string of the molecule is C=CC(CC(=O)c1ccc(F)cc1F)c1ccc(OC)cc1OC. The second-order valence-corrected chi connectivity index (χ2v) is 5.20. The van der Waals surface area contributed by atoms with Gasteiger partial charge in [0.25, 0.3) is 0 Å². The van der Waals surface area contributed by atoms with Crippen molar-refractivity contribution in [3.05, 3.63) is 71.8 Å². The third kappa shape index (κ3) is 3.79. The van der Waals surface area contributed by atoms with Crippen LogP contribution < -0.4 is 9.47 Å². The van der Waals surface area contributed by atoms with Crippen LogP contribution in [0.4, 0.5) is 8.78 Å². The number of rotatable bonds is 7. The van der Waals surface area contributed by atoms with Crippen LogP contribution in [0, 0.1) is 11.6 Å². The first-order chi connectivity index (χ1) is 11.5. The second kappa shape index (κ2) is 7.73. The highest BCUT2D eigenvalue weighted by molar-refractivity contribution is 5.97. The van der Waals surface area contributed by atoms with E-state index in [4.69, 9.17) is 9.47 Å². The van der Waals surface area contributed by atoms with Gasteiger partial charge in [-0.15, -0.1) is 6.58 Å². The fourth-order valence-corrected chi connectivity index (χ4v) is 2.47. The molecule has 1 atom stereocenters. The van der Waals surface area contributed by atoms with E-state index in [9.17, 15) is 13.6 Å². The van der Waals surface area contributed by atoms with E-state index >= 15 is 0 Å². The third-order valence-electron chi connectivity index (χ3n) is 3.76. The van der Waals surface area contributed by atoms with Crippen molar-refractivity contribution < 1.29 is 23.0 Å². The topological polar surface area (TPSA) is 35.5 Å². The van der Waals surface area contributed by atoms with E-state index in [1.807, 2.05) is 0 Å². The molecule has 0 radical (unpaired) electrons. The fourth-order valence-electron chi connectivity index (χ4n) is 2.47. The number of carbonyl (C=O) groups is 1. The van der Waals surface area contributed by atoms with E-state index in [2.05, 4.69) is 6.58 Å². The minimum atomic E-state index is -0.871. The summed E-state index contributed by atoms with van der Waals surface area (Å²) in [5.41, 5.74) is 0.597. The highest BCUT2D eigenvalue weighted by Crippen LogP contribution is 2.34. The van der Waals surface area contributed by atoms with Crippen molar-refractivity contribution in [1.82, 2.24) is 0 Å². The van der Waals surface area contributed by atoms with Gasteiger partial charge in [-0.2, -0.15) is 0 Å². The minimum absolute atomic E-state index is 0.00522. The number of ether oxygens (including phenoxy) is 2. The van der Waals surface area contributed by atoms with Gasteiger partial charge < -0.3 is 9.47 Å². The van der Waals surface area contributed by atoms with Crippen molar-refractivity contribution in [1.29, 1.82) is 0 Å². The molecule has 2 rings (SSSR count). The highest BCUT2D eigenvalue weighted by Gasteiger charge is 2.20. The van der Waals surface area contributed by atoms with Gasteiger partial charge >= 0.3 is 0 Å². The molecule has 3 nitrogen and oxygen atoms in total. The number of hydrogen-bond donors (Lipinski definition) is 0. The second-order valence-electron chi connectivity index (χ2n) is 5.20. The van der Waals surface area contributed by atoms with Crippen LogP contribution in [-0.4, -0.2) is 20.0 Å². The van der Waals surface area contributed by atoms with E-state index in [1.54, 1.807) is 31.4 Å². The summed E-state index contributed by atoms with van der Waals surface area (Å²) < 4.78 is 37.2. The van der Waals surface area contributed by atoms with Crippen molar-refractivity contribution in [3.8, 4) is 11.5 Å². The summed E-state index contributed by atoms with van der Waals surface area (Å²) in [7, 11) is 3.06. The molecule has 24 heavy (non-hydrogen) atoms. The van der Waals surface area contributed by atoms with Crippen LogP contribution in [0.15, 0.2) is 49.1 Å². The van der Waals surface area contributed by atoms with Gasteiger partial charge in [-0.1, -0.05) is 12.1 Å². The summed E-state index contributed by atoms with van der Waals surface area (Å²) in [5.74, 6) is -1.23. The molecule has 0 N–H and O–H groups in total. The molecule has 1 unspecified atom stereocenters. The summed E-state index contributed by atoms with van der Waals surface area (Å²) in [4.78, 5) is 12.4. The Bertz CT molecular complexity index is 756. The van der Waals surface area contributed by atoms with Crippen LogP contribution in [0.25, 0.3) is 0 Å². The average Bonchev–Trinajstić information content (AvgIpc) is 2.58. The zero-order valence-corrected chi connectivity index (χ0v) is 13.5. The molecule has 0 heterocycles. The molecule has 0 aliphatic carbocycles. The van der Waals surface area contributed by atoms with Crippen molar-refractivity contribution in [2.45, 2.75) is 12.3 Å². The lowest BCUT2D eigenvalue weighted by Gasteiger charge is -2.17. The molecule has 0 saturated heterocycles. The van der Waals surface area contributed by atoms with Crippen molar-refractivity contribution >= 4 is 5.78 Å². The first-order valence-electron chi connectivity index (χ1n) is 7.32. The molecule has 2 aromatic rings. The predicted octanol–water partition coefficient (Wildman–Crippen LogP) is 4.52. The maximum atomic E-state index is 13.8. The molecular formula is C19H18F2O3. The molecule has 0 fully saturated rings. The molecule has 126 valence electrons. The van der Waals surface area contributed by atoms with Crippen molar-refractivity contribution in [3.63, 3.8) is 0 Å². The molecule has 0 amide bonds. The smallest absolute Gasteiger partial charge is 0.166 e. The summed E-state index contributed by atoms with van der Waals surface area (Å²) in [6.45, 7) is 3.75. The van der Waals surface area contributed by atoms with Crippen LogP contribution in [0.2, 0.25) is 0 Å². The summed E-state index contributed by atoms with van der Waals surface area (Å²) >= 11 is 0. The average molecular weight is 332 g/mol. The Kier molecular flexibility index (Phi) is 5.68. The zero-order valence-electron chi connectivity index (χ0n) is 13.5. The van der Waals surface area contributed by atoms with Gasteiger partial charge in [-0.25, -0.2) is 8.78 Å². The number of hydrogen-bond acceptors (Lipinski definition) is 3. The molecule has 0 aromatic heterocycles. The number of carbonyl (C=O) groups excluding carboxylic acids is 1.